The minimum atomic E-state index is -0.177. The Morgan fingerprint density at radius 3 is 2.82 bits per heavy atom. The second kappa shape index (κ2) is 7.17. The quantitative estimate of drug-likeness (QED) is 0.578. The minimum Gasteiger partial charge on any atom is -0.494 e. The fourth-order valence-corrected chi connectivity index (χ4v) is 1.46. The van der Waals surface area contributed by atoms with Crippen LogP contribution in [0.5, 0.6) is 5.75 Å². The number of aryl methyl sites for hydroxylation is 1. The summed E-state index contributed by atoms with van der Waals surface area (Å²) < 4.78 is 10.3. The first kappa shape index (κ1) is 13.8. The average molecular weight is 257 g/mol. The van der Waals surface area contributed by atoms with Crippen molar-refractivity contribution >= 4 is 17.6 Å². The van der Waals surface area contributed by atoms with Crippen molar-refractivity contribution in [2.45, 2.75) is 26.7 Å². The molecule has 4 heteroatoms. The maximum absolute atomic E-state index is 11.1. The number of carbonyl (C=O) groups is 1. The molecular formula is C13H17ClO3. The molecular weight excluding hydrogens is 240 g/mol. The second-order valence-corrected chi connectivity index (χ2v) is 4.08. The molecule has 94 valence electrons. The molecule has 0 saturated carbocycles. The first-order chi connectivity index (χ1) is 8.13. The first-order valence-corrected chi connectivity index (χ1v) is 6.06. The number of hydrogen-bond donors (Lipinski definition) is 0. The van der Waals surface area contributed by atoms with E-state index in [1.807, 2.05) is 19.1 Å². The summed E-state index contributed by atoms with van der Waals surface area (Å²) in [5, 5.41) is 0.726. The van der Waals surface area contributed by atoms with E-state index in [-0.39, 0.29) is 5.97 Å². The van der Waals surface area contributed by atoms with Gasteiger partial charge in [-0.25, -0.2) is 0 Å². The number of hydrogen-bond acceptors (Lipinski definition) is 3. The Hall–Kier alpha value is -1.22. The lowest BCUT2D eigenvalue weighted by molar-refractivity contribution is -0.143. The molecule has 0 aliphatic heterocycles. The van der Waals surface area contributed by atoms with Crippen LogP contribution in [0.2, 0.25) is 5.02 Å². The van der Waals surface area contributed by atoms with Crippen LogP contribution in [-0.4, -0.2) is 19.2 Å². The maximum atomic E-state index is 11.1. The van der Waals surface area contributed by atoms with Gasteiger partial charge in [-0.05, 0) is 44.0 Å². The van der Waals surface area contributed by atoms with E-state index in [1.54, 1.807) is 13.0 Å². The highest BCUT2D eigenvalue weighted by Gasteiger charge is 2.02. The molecule has 0 unspecified atom stereocenters. The Morgan fingerprint density at radius 1 is 1.41 bits per heavy atom. The van der Waals surface area contributed by atoms with Gasteiger partial charge >= 0.3 is 5.97 Å². The summed E-state index contributed by atoms with van der Waals surface area (Å²) in [4.78, 5) is 11.1. The average Bonchev–Trinajstić information content (AvgIpc) is 2.29. The fourth-order valence-electron chi connectivity index (χ4n) is 1.35. The normalized spacial score (nSPS) is 10.1. The Labute approximate surface area is 107 Å². The molecule has 1 rings (SSSR count). The van der Waals surface area contributed by atoms with Gasteiger partial charge in [0.15, 0.2) is 0 Å². The molecule has 0 fully saturated rings. The molecule has 0 atom stereocenters. The highest BCUT2D eigenvalue weighted by atomic mass is 35.5. The second-order valence-electron chi connectivity index (χ2n) is 3.67. The van der Waals surface area contributed by atoms with Crippen LogP contribution in [0.25, 0.3) is 0 Å². The van der Waals surface area contributed by atoms with Crippen molar-refractivity contribution in [1.29, 1.82) is 0 Å². The van der Waals surface area contributed by atoms with E-state index in [9.17, 15) is 4.79 Å². The van der Waals surface area contributed by atoms with Gasteiger partial charge in [0, 0.05) is 11.4 Å². The lowest BCUT2D eigenvalue weighted by Crippen LogP contribution is -2.06. The summed E-state index contributed by atoms with van der Waals surface area (Å²) in [5.41, 5.74) is 0.981. The number of carbonyl (C=O) groups excluding carboxylic acids is 1. The largest absolute Gasteiger partial charge is 0.494 e. The minimum absolute atomic E-state index is 0.177. The van der Waals surface area contributed by atoms with Gasteiger partial charge < -0.3 is 9.47 Å². The van der Waals surface area contributed by atoms with Crippen LogP contribution >= 0.6 is 11.6 Å². The fraction of sp³-hybridized carbons (Fsp3) is 0.462. The SMILES string of the molecule is CCOC(=O)CCCOc1ccc(Cl)c(C)c1. The zero-order valence-electron chi connectivity index (χ0n) is 10.2. The molecule has 1 aromatic rings. The maximum Gasteiger partial charge on any atom is 0.305 e. The summed E-state index contributed by atoms with van der Waals surface area (Å²) >= 11 is 5.90. The zero-order valence-corrected chi connectivity index (χ0v) is 10.9. The van der Waals surface area contributed by atoms with Gasteiger partial charge in [-0.2, -0.15) is 0 Å². The third kappa shape index (κ3) is 5.09. The lowest BCUT2D eigenvalue weighted by atomic mass is 10.2. The van der Waals surface area contributed by atoms with E-state index in [1.165, 1.54) is 0 Å². The Morgan fingerprint density at radius 2 is 2.18 bits per heavy atom. The number of esters is 1. The number of ether oxygens (including phenoxy) is 2. The lowest BCUT2D eigenvalue weighted by Gasteiger charge is -2.07. The van der Waals surface area contributed by atoms with E-state index in [4.69, 9.17) is 21.1 Å². The first-order valence-electron chi connectivity index (χ1n) is 5.68. The van der Waals surface area contributed by atoms with Gasteiger partial charge in [0.1, 0.15) is 5.75 Å². The molecule has 0 aliphatic rings. The van der Waals surface area contributed by atoms with Crippen molar-refractivity contribution in [2.75, 3.05) is 13.2 Å². The van der Waals surface area contributed by atoms with Crippen molar-refractivity contribution in [3.05, 3.63) is 28.8 Å². The van der Waals surface area contributed by atoms with E-state index in [2.05, 4.69) is 0 Å². The van der Waals surface area contributed by atoms with Crippen LogP contribution in [0, 0.1) is 6.92 Å². The van der Waals surface area contributed by atoms with Crippen LogP contribution < -0.4 is 4.74 Å². The molecule has 0 radical (unpaired) electrons. The number of benzene rings is 1. The summed E-state index contributed by atoms with van der Waals surface area (Å²) in [6.07, 6.45) is 1.04. The molecule has 0 saturated heterocycles. The van der Waals surface area contributed by atoms with Crippen molar-refractivity contribution in [3.8, 4) is 5.75 Å². The molecule has 0 spiro atoms. The van der Waals surface area contributed by atoms with Gasteiger partial charge in [-0.3, -0.25) is 4.79 Å². The number of rotatable bonds is 6. The van der Waals surface area contributed by atoms with Crippen LogP contribution in [0.3, 0.4) is 0 Å². The van der Waals surface area contributed by atoms with Crippen molar-refractivity contribution in [3.63, 3.8) is 0 Å². The summed E-state index contributed by atoms with van der Waals surface area (Å²) in [7, 11) is 0. The number of halogens is 1. The third-order valence-electron chi connectivity index (χ3n) is 2.23. The predicted octanol–water partition coefficient (Wildman–Crippen LogP) is 3.37. The van der Waals surface area contributed by atoms with E-state index < -0.39 is 0 Å². The van der Waals surface area contributed by atoms with Crippen LogP contribution in [0.15, 0.2) is 18.2 Å². The molecule has 17 heavy (non-hydrogen) atoms. The Balaban J connectivity index is 2.26. The van der Waals surface area contributed by atoms with Crippen LogP contribution in [0.1, 0.15) is 25.3 Å². The molecule has 0 aliphatic carbocycles. The van der Waals surface area contributed by atoms with Crippen LogP contribution in [-0.2, 0) is 9.53 Å². The Bertz CT molecular complexity index is 377. The van der Waals surface area contributed by atoms with Gasteiger partial charge in [0.05, 0.1) is 13.2 Å². The monoisotopic (exact) mass is 256 g/mol. The Kier molecular flexibility index (Phi) is 5.84. The van der Waals surface area contributed by atoms with Crippen LogP contribution in [0.4, 0.5) is 0 Å². The zero-order chi connectivity index (χ0) is 12.7. The van der Waals surface area contributed by atoms with E-state index >= 15 is 0 Å². The van der Waals surface area contributed by atoms with Crippen molar-refractivity contribution in [2.24, 2.45) is 0 Å². The smallest absolute Gasteiger partial charge is 0.305 e. The summed E-state index contributed by atoms with van der Waals surface area (Å²) in [6, 6.07) is 5.50. The third-order valence-corrected chi connectivity index (χ3v) is 2.65. The molecule has 3 nitrogen and oxygen atoms in total. The van der Waals surface area contributed by atoms with Crippen molar-refractivity contribution in [1.82, 2.24) is 0 Å². The van der Waals surface area contributed by atoms with Gasteiger partial charge in [0.2, 0.25) is 0 Å². The van der Waals surface area contributed by atoms with Gasteiger partial charge in [0.25, 0.3) is 0 Å². The highest BCUT2D eigenvalue weighted by molar-refractivity contribution is 6.31. The topological polar surface area (TPSA) is 35.5 Å². The standard InChI is InChI=1S/C13H17ClO3/c1-3-16-13(15)5-4-8-17-11-6-7-12(14)10(2)9-11/h6-7,9H,3-5,8H2,1-2H3. The van der Waals surface area contributed by atoms with Crippen molar-refractivity contribution < 1.29 is 14.3 Å². The molecule has 1 aromatic carbocycles. The molecule has 0 heterocycles. The van der Waals surface area contributed by atoms with Gasteiger partial charge in [-0.1, -0.05) is 11.6 Å². The summed E-state index contributed by atoms with van der Waals surface area (Å²) in [5.74, 6) is 0.596. The molecule has 0 N–H and O–H groups in total. The predicted molar refractivity (Wildman–Crippen MR) is 67.6 cm³/mol. The van der Waals surface area contributed by atoms with Gasteiger partial charge in [-0.15, -0.1) is 0 Å². The molecule has 0 amide bonds. The summed E-state index contributed by atoms with van der Waals surface area (Å²) in [6.45, 7) is 4.65. The molecule has 0 aromatic heterocycles. The van der Waals surface area contributed by atoms with E-state index in [0.717, 1.165) is 16.3 Å². The van der Waals surface area contributed by atoms with E-state index in [0.29, 0.717) is 26.1 Å². The highest BCUT2D eigenvalue weighted by Crippen LogP contribution is 2.21. The molecule has 0 bridgehead atoms.